The van der Waals surface area contributed by atoms with Gasteiger partial charge < -0.3 is 45.0 Å². The number of imidazole rings is 2. The Labute approximate surface area is 363 Å². The number of carbonyl (C=O) groups is 4. The molecular formula is C48H50N8O7. The van der Waals surface area contributed by atoms with E-state index in [1.165, 1.54) is 7.11 Å². The van der Waals surface area contributed by atoms with E-state index < -0.39 is 24.3 Å². The second-order valence-corrected chi connectivity index (χ2v) is 17.6. The van der Waals surface area contributed by atoms with Crippen LogP contribution in [-0.2, 0) is 20.9 Å². The number of rotatable bonds is 9. The molecule has 5 heterocycles. The molecule has 3 aliphatic heterocycles. The third-order valence-corrected chi connectivity index (χ3v) is 13.6. The molecule has 324 valence electrons. The molecule has 0 bridgehead atoms. The van der Waals surface area contributed by atoms with Crippen LogP contribution in [0.5, 0.6) is 5.75 Å². The van der Waals surface area contributed by atoms with E-state index >= 15 is 0 Å². The molecule has 1 aliphatic carbocycles. The second-order valence-electron chi connectivity index (χ2n) is 17.6. The van der Waals surface area contributed by atoms with E-state index in [4.69, 9.17) is 19.4 Å². The predicted octanol–water partition coefficient (Wildman–Crippen LogP) is 8.16. The lowest BCUT2D eigenvalue weighted by atomic mass is 9.92. The van der Waals surface area contributed by atoms with Gasteiger partial charge in [-0.3, -0.25) is 9.59 Å². The van der Waals surface area contributed by atoms with Crippen LogP contribution < -0.4 is 15.4 Å². The first-order valence-corrected chi connectivity index (χ1v) is 21.9. The Morgan fingerprint density at radius 1 is 0.889 bits per heavy atom. The van der Waals surface area contributed by atoms with Crippen molar-refractivity contribution in [2.75, 3.05) is 13.7 Å². The largest absolute Gasteiger partial charge is 0.488 e. The molecule has 5 N–H and O–H groups in total. The van der Waals surface area contributed by atoms with Crippen LogP contribution in [0.3, 0.4) is 0 Å². The molecule has 15 nitrogen and oxygen atoms in total. The van der Waals surface area contributed by atoms with Crippen LogP contribution in [0, 0.1) is 11.8 Å². The molecule has 63 heavy (non-hydrogen) atoms. The Morgan fingerprint density at radius 2 is 1.73 bits per heavy atom. The van der Waals surface area contributed by atoms with Crippen LogP contribution in [-0.4, -0.2) is 84.6 Å². The number of H-pyrrole nitrogens is 2. The molecule has 1 saturated carbocycles. The van der Waals surface area contributed by atoms with Gasteiger partial charge in [-0.25, -0.2) is 19.6 Å². The number of hydrogen-bond acceptors (Lipinski definition) is 8. The van der Waals surface area contributed by atoms with Crippen molar-refractivity contribution in [3.8, 4) is 28.1 Å². The van der Waals surface area contributed by atoms with Crippen molar-refractivity contribution >= 4 is 45.8 Å². The molecule has 0 spiro atoms. The van der Waals surface area contributed by atoms with Crippen LogP contribution in [0.4, 0.5) is 9.59 Å². The summed E-state index contributed by atoms with van der Waals surface area (Å²) in [6.45, 7) is 4.73. The lowest BCUT2D eigenvalue weighted by Gasteiger charge is -2.33. The van der Waals surface area contributed by atoms with Gasteiger partial charge in [0, 0.05) is 23.5 Å². The van der Waals surface area contributed by atoms with Gasteiger partial charge in [-0.2, -0.15) is 0 Å². The summed E-state index contributed by atoms with van der Waals surface area (Å²) < 4.78 is 11.3. The molecule has 4 amide bonds. The Bertz CT molecular complexity index is 2770. The summed E-state index contributed by atoms with van der Waals surface area (Å²) in [4.78, 5) is 72.8. The van der Waals surface area contributed by atoms with Gasteiger partial charge in [0.15, 0.2) is 0 Å². The smallest absolute Gasteiger partial charge is 0.407 e. The highest BCUT2D eigenvalue weighted by atomic mass is 16.5. The average molecular weight is 851 g/mol. The fraction of sp³-hybridized carbons (Fsp3) is 0.375. The van der Waals surface area contributed by atoms with Gasteiger partial charge in [0.2, 0.25) is 5.91 Å². The van der Waals surface area contributed by atoms with Crippen molar-refractivity contribution in [2.24, 2.45) is 11.8 Å². The maximum absolute atomic E-state index is 14.3. The summed E-state index contributed by atoms with van der Waals surface area (Å²) in [5, 5.41) is 16.8. The number of carboxylic acid groups (broad SMARTS) is 1. The Hall–Kier alpha value is -6.90. The highest BCUT2D eigenvalue weighted by Gasteiger charge is 2.49. The van der Waals surface area contributed by atoms with Crippen LogP contribution in [0.1, 0.15) is 93.3 Å². The topological polar surface area (TPSA) is 195 Å². The van der Waals surface area contributed by atoms with Crippen molar-refractivity contribution in [3.63, 3.8) is 0 Å². The maximum Gasteiger partial charge on any atom is 0.407 e. The van der Waals surface area contributed by atoms with E-state index in [-0.39, 0.29) is 35.9 Å². The van der Waals surface area contributed by atoms with Gasteiger partial charge in [-0.15, -0.1) is 0 Å². The Balaban J connectivity index is 0.910. The summed E-state index contributed by atoms with van der Waals surface area (Å²) in [6.07, 6.45) is 5.26. The van der Waals surface area contributed by atoms with E-state index in [1.807, 2.05) is 30.9 Å². The van der Waals surface area contributed by atoms with E-state index in [2.05, 4.69) is 57.0 Å². The van der Waals surface area contributed by atoms with Crippen LogP contribution >= 0.6 is 0 Å². The highest BCUT2D eigenvalue weighted by Crippen LogP contribution is 2.49. The number of nitrogens with zero attached hydrogens (tertiary/aromatic N) is 4. The van der Waals surface area contributed by atoms with Gasteiger partial charge in [-0.1, -0.05) is 68.8 Å². The minimum Gasteiger partial charge on any atom is -0.488 e. The van der Waals surface area contributed by atoms with Crippen molar-refractivity contribution in [3.05, 3.63) is 102 Å². The third-order valence-electron chi connectivity index (χ3n) is 13.6. The highest BCUT2D eigenvalue weighted by molar-refractivity contribution is 6.07. The summed E-state index contributed by atoms with van der Waals surface area (Å²) in [5.74, 6) is 2.01. The number of ether oxygens (including phenoxy) is 2. The monoisotopic (exact) mass is 850 g/mol. The summed E-state index contributed by atoms with van der Waals surface area (Å²) in [6, 6.07) is 21.3. The van der Waals surface area contributed by atoms with E-state index in [9.17, 15) is 24.3 Å². The normalized spacial score (nSPS) is 21.1. The van der Waals surface area contributed by atoms with Crippen molar-refractivity contribution in [1.82, 2.24) is 40.4 Å². The lowest BCUT2D eigenvalue weighted by molar-refractivity contribution is -0.138. The number of nitrogens with one attached hydrogen (secondary N) is 4. The fourth-order valence-electron chi connectivity index (χ4n) is 10.5. The number of alkyl carbamates (subject to hydrolysis) is 1. The SMILES string of the molecule is COC(=O)NC(C(=O)N1[C@H](c2nc3ccc4cc5c(cc4c3[nH]2)OCc2cc(-c3cnc(C4CCCN4C(=O)C(NC(=O)O)c4ccccc4)[nH]3)ccc2-5)C[C@@H]2CCC[C@@H]21)C(C)C. The number of benzene rings is 4. The molecule has 3 unspecified atom stereocenters. The quantitative estimate of drug-likeness (QED) is 0.0954. The number of methoxy groups -OCH3 is 1. The lowest BCUT2D eigenvalue weighted by Crippen LogP contribution is -2.53. The minimum atomic E-state index is -1.26. The number of likely N-dealkylation sites (tertiary alicyclic amines) is 2. The van der Waals surface area contributed by atoms with Gasteiger partial charge in [-0.05, 0) is 95.8 Å². The van der Waals surface area contributed by atoms with Crippen LogP contribution in [0.15, 0.2) is 79.0 Å². The van der Waals surface area contributed by atoms with Gasteiger partial charge in [0.05, 0.1) is 42.1 Å². The molecule has 6 atom stereocenters. The van der Waals surface area contributed by atoms with Gasteiger partial charge in [0.1, 0.15) is 36.1 Å². The second kappa shape index (κ2) is 16.1. The first kappa shape index (κ1) is 40.2. The molecule has 6 aromatic rings. The van der Waals surface area contributed by atoms with Crippen molar-refractivity contribution < 1.29 is 33.8 Å². The predicted molar refractivity (Wildman–Crippen MR) is 234 cm³/mol. The third kappa shape index (κ3) is 7.18. The average Bonchev–Trinajstić information content (AvgIpc) is 4.14. The maximum atomic E-state index is 14.3. The standard InChI is InChI=1S/C48H50N8O7/c1-25(2)40(54-48(61)62-3)46(58)56-36-12-7-11-29(36)21-38(56)44-50-34-17-15-27-20-33-31-16-14-28(19-30(31)24-63-39(33)22-32(27)42(34)52-44)35-23-49-43(51-35)37-13-8-18-55(37)45(57)41(53-47(59)60)26-9-5-4-6-10-26/h4-6,9-10,14-17,19-20,22-23,25,29,36-38,40-41,53H,7-8,11-13,18,21,24H2,1-3H3,(H,49,51)(H,50,52)(H,54,61)(H,59,60)/t29-,36-,37?,38-,40?,41?/m0/s1. The molecule has 2 saturated heterocycles. The van der Waals surface area contributed by atoms with Crippen LogP contribution in [0.25, 0.3) is 44.2 Å². The van der Waals surface area contributed by atoms with Crippen LogP contribution in [0.2, 0.25) is 0 Å². The first-order chi connectivity index (χ1) is 30.6. The zero-order chi connectivity index (χ0) is 43.5. The molecule has 3 fully saturated rings. The number of aromatic nitrogens is 4. The Morgan fingerprint density at radius 3 is 2.52 bits per heavy atom. The number of amides is 4. The van der Waals surface area contributed by atoms with E-state index in [0.29, 0.717) is 36.9 Å². The minimum absolute atomic E-state index is 0.0979. The van der Waals surface area contributed by atoms with E-state index in [0.717, 1.165) is 93.4 Å². The molecular weight excluding hydrogens is 801 g/mol. The van der Waals surface area contributed by atoms with Crippen molar-refractivity contribution in [1.29, 1.82) is 0 Å². The number of carbonyl (C=O) groups excluding carboxylic acids is 3. The number of fused-ring (bicyclic) bond motifs is 7. The molecule has 4 aliphatic rings. The molecule has 4 aromatic carbocycles. The summed E-state index contributed by atoms with van der Waals surface area (Å²) in [5.41, 5.74) is 7.11. The molecule has 10 rings (SSSR count). The van der Waals surface area contributed by atoms with Gasteiger partial charge in [0.25, 0.3) is 5.91 Å². The zero-order valence-corrected chi connectivity index (χ0v) is 35.4. The first-order valence-electron chi connectivity index (χ1n) is 21.9. The zero-order valence-electron chi connectivity index (χ0n) is 35.4. The fourth-order valence-corrected chi connectivity index (χ4v) is 10.5. The molecule has 2 aromatic heterocycles. The summed E-state index contributed by atoms with van der Waals surface area (Å²) >= 11 is 0. The number of hydrogen-bond donors (Lipinski definition) is 5. The van der Waals surface area contributed by atoms with Gasteiger partial charge >= 0.3 is 12.2 Å². The Kier molecular flexibility index (Phi) is 10.3. The molecule has 15 heteroatoms. The number of aromatic amines is 2. The van der Waals surface area contributed by atoms with E-state index in [1.54, 1.807) is 35.4 Å². The molecule has 0 radical (unpaired) electrons. The summed E-state index contributed by atoms with van der Waals surface area (Å²) in [7, 11) is 1.31. The van der Waals surface area contributed by atoms with Crippen molar-refractivity contribution in [2.45, 2.75) is 89.2 Å².